The quantitative estimate of drug-likeness (QED) is 0.853. The van der Waals surface area contributed by atoms with Crippen molar-refractivity contribution in [1.82, 2.24) is 9.88 Å². The number of likely N-dealkylation sites (tertiary alicyclic amines) is 1. The molecule has 1 fully saturated rings. The molecule has 2 aromatic rings. The SMILES string of the molecule is COC(=O)C1CCCN1C(=O)c1ccc2nc(N)sc2c1. The molecule has 6 nitrogen and oxygen atoms in total. The van der Waals surface area contributed by atoms with Crippen molar-refractivity contribution in [2.45, 2.75) is 18.9 Å². The number of carbonyl (C=O) groups is 2. The predicted octanol–water partition coefficient (Wildman–Crippen LogP) is 1.66. The van der Waals surface area contributed by atoms with Crippen molar-refractivity contribution >= 4 is 38.6 Å². The van der Waals surface area contributed by atoms with Crippen LogP contribution in [0.1, 0.15) is 23.2 Å². The molecule has 1 aromatic carbocycles. The third-order valence-corrected chi connectivity index (χ3v) is 4.49. The third-order valence-electron chi connectivity index (χ3n) is 3.64. The highest BCUT2D eigenvalue weighted by molar-refractivity contribution is 7.22. The molecule has 1 amide bonds. The number of methoxy groups -OCH3 is 1. The van der Waals surface area contributed by atoms with Gasteiger partial charge in [0.25, 0.3) is 5.91 Å². The average molecular weight is 305 g/mol. The monoisotopic (exact) mass is 305 g/mol. The van der Waals surface area contributed by atoms with Crippen LogP contribution in [0.2, 0.25) is 0 Å². The Morgan fingerprint density at radius 1 is 1.48 bits per heavy atom. The van der Waals surface area contributed by atoms with E-state index in [1.54, 1.807) is 23.1 Å². The molecule has 1 aliphatic heterocycles. The number of fused-ring (bicyclic) bond motifs is 1. The highest BCUT2D eigenvalue weighted by Crippen LogP contribution is 2.27. The summed E-state index contributed by atoms with van der Waals surface area (Å²) in [5.74, 6) is -0.513. The molecule has 1 atom stereocenters. The number of amides is 1. The second-order valence-electron chi connectivity index (χ2n) is 4.91. The first kappa shape index (κ1) is 13.8. The van der Waals surface area contributed by atoms with E-state index >= 15 is 0 Å². The highest BCUT2D eigenvalue weighted by atomic mass is 32.1. The number of thiazole rings is 1. The minimum Gasteiger partial charge on any atom is -0.467 e. The predicted molar refractivity (Wildman–Crippen MR) is 80.1 cm³/mol. The number of carbonyl (C=O) groups excluding carboxylic acids is 2. The summed E-state index contributed by atoms with van der Waals surface area (Å²) in [5, 5.41) is 0.475. The van der Waals surface area contributed by atoms with Crippen molar-refractivity contribution in [3.05, 3.63) is 23.8 Å². The van der Waals surface area contributed by atoms with Crippen LogP contribution in [-0.2, 0) is 9.53 Å². The van der Waals surface area contributed by atoms with Crippen LogP contribution in [0.15, 0.2) is 18.2 Å². The van der Waals surface area contributed by atoms with Gasteiger partial charge in [-0.25, -0.2) is 9.78 Å². The Morgan fingerprint density at radius 3 is 3.05 bits per heavy atom. The summed E-state index contributed by atoms with van der Waals surface area (Å²) in [5.41, 5.74) is 6.99. The van der Waals surface area contributed by atoms with Crippen LogP contribution in [0.3, 0.4) is 0 Å². The number of rotatable bonds is 2. The van der Waals surface area contributed by atoms with Crippen LogP contribution >= 0.6 is 11.3 Å². The van der Waals surface area contributed by atoms with Gasteiger partial charge in [0.05, 0.1) is 17.3 Å². The lowest BCUT2D eigenvalue weighted by Gasteiger charge is -2.22. The Bertz CT molecular complexity index is 713. The topological polar surface area (TPSA) is 85.5 Å². The van der Waals surface area contributed by atoms with E-state index in [0.717, 1.165) is 16.6 Å². The van der Waals surface area contributed by atoms with E-state index in [1.807, 2.05) is 0 Å². The summed E-state index contributed by atoms with van der Waals surface area (Å²) in [6, 6.07) is 4.79. The number of benzene rings is 1. The second kappa shape index (κ2) is 5.33. The number of esters is 1. The van der Waals surface area contributed by atoms with E-state index in [2.05, 4.69) is 4.98 Å². The molecule has 0 aliphatic carbocycles. The van der Waals surface area contributed by atoms with Gasteiger partial charge in [-0.15, -0.1) is 0 Å². The number of nitrogens with two attached hydrogens (primary N) is 1. The summed E-state index contributed by atoms with van der Waals surface area (Å²) in [4.78, 5) is 30.1. The van der Waals surface area contributed by atoms with Crippen molar-refractivity contribution in [1.29, 1.82) is 0 Å². The normalized spacial score (nSPS) is 18.1. The number of hydrogen-bond donors (Lipinski definition) is 1. The molecule has 7 heteroatoms. The molecule has 2 N–H and O–H groups in total. The van der Waals surface area contributed by atoms with Gasteiger partial charge >= 0.3 is 5.97 Å². The smallest absolute Gasteiger partial charge is 0.328 e. The first-order valence-electron chi connectivity index (χ1n) is 6.65. The molecule has 1 aromatic heterocycles. The Labute approximate surface area is 125 Å². The Morgan fingerprint density at radius 2 is 2.29 bits per heavy atom. The maximum atomic E-state index is 12.6. The van der Waals surface area contributed by atoms with E-state index in [0.29, 0.717) is 23.7 Å². The number of aromatic nitrogens is 1. The maximum absolute atomic E-state index is 12.6. The fourth-order valence-corrected chi connectivity index (χ4v) is 3.41. The van der Waals surface area contributed by atoms with Crippen LogP contribution in [-0.4, -0.2) is 41.5 Å². The van der Waals surface area contributed by atoms with E-state index < -0.39 is 6.04 Å². The van der Waals surface area contributed by atoms with Crippen molar-refractivity contribution in [2.24, 2.45) is 0 Å². The first-order chi connectivity index (χ1) is 10.1. The van der Waals surface area contributed by atoms with E-state index in [9.17, 15) is 9.59 Å². The number of hydrogen-bond acceptors (Lipinski definition) is 6. The molecule has 1 aliphatic rings. The molecule has 21 heavy (non-hydrogen) atoms. The summed E-state index contributed by atoms with van der Waals surface area (Å²) >= 11 is 1.34. The average Bonchev–Trinajstić information content (AvgIpc) is 3.09. The summed E-state index contributed by atoms with van der Waals surface area (Å²) in [6.07, 6.45) is 1.45. The third kappa shape index (κ3) is 2.44. The van der Waals surface area contributed by atoms with Gasteiger partial charge in [0.1, 0.15) is 6.04 Å². The molecule has 2 heterocycles. The van der Waals surface area contributed by atoms with Crippen LogP contribution in [0.5, 0.6) is 0 Å². The number of nitrogen functional groups attached to an aromatic ring is 1. The molecular weight excluding hydrogens is 290 g/mol. The van der Waals surface area contributed by atoms with Crippen molar-refractivity contribution in [3.8, 4) is 0 Å². The molecule has 1 unspecified atom stereocenters. The van der Waals surface area contributed by atoms with Gasteiger partial charge in [-0.2, -0.15) is 0 Å². The lowest BCUT2D eigenvalue weighted by Crippen LogP contribution is -2.41. The van der Waals surface area contributed by atoms with E-state index in [-0.39, 0.29) is 11.9 Å². The molecule has 0 saturated carbocycles. The summed E-state index contributed by atoms with van der Waals surface area (Å²) in [6.45, 7) is 0.571. The minimum absolute atomic E-state index is 0.156. The zero-order chi connectivity index (χ0) is 15.0. The molecule has 0 spiro atoms. The van der Waals surface area contributed by atoms with E-state index in [1.165, 1.54) is 18.4 Å². The van der Waals surface area contributed by atoms with Crippen LogP contribution in [0, 0.1) is 0 Å². The van der Waals surface area contributed by atoms with Crippen molar-refractivity contribution < 1.29 is 14.3 Å². The van der Waals surface area contributed by atoms with Gasteiger partial charge in [-0.3, -0.25) is 4.79 Å². The molecular formula is C14H15N3O3S. The largest absolute Gasteiger partial charge is 0.467 e. The molecule has 1 saturated heterocycles. The number of nitrogens with zero attached hydrogens (tertiary/aromatic N) is 2. The van der Waals surface area contributed by atoms with Gasteiger partial charge in [0, 0.05) is 12.1 Å². The zero-order valence-corrected chi connectivity index (χ0v) is 12.4. The Kier molecular flexibility index (Phi) is 3.50. The molecule has 0 radical (unpaired) electrons. The van der Waals surface area contributed by atoms with Gasteiger partial charge in [-0.1, -0.05) is 11.3 Å². The highest BCUT2D eigenvalue weighted by Gasteiger charge is 2.35. The molecule has 3 rings (SSSR count). The van der Waals surface area contributed by atoms with Gasteiger partial charge in [0.2, 0.25) is 0 Å². The Balaban J connectivity index is 1.90. The first-order valence-corrected chi connectivity index (χ1v) is 7.46. The lowest BCUT2D eigenvalue weighted by atomic mass is 10.1. The molecule has 0 bridgehead atoms. The van der Waals surface area contributed by atoms with Gasteiger partial charge < -0.3 is 15.4 Å². The van der Waals surface area contributed by atoms with Crippen LogP contribution in [0.25, 0.3) is 10.2 Å². The summed E-state index contributed by atoms with van der Waals surface area (Å²) in [7, 11) is 1.34. The maximum Gasteiger partial charge on any atom is 0.328 e. The Hall–Kier alpha value is -2.15. The number of anilines is 1. The molecule has 110 valence electrons. The van der Waals surface area contributed by atoms with Crippen LogP contribution in [0.4, 0.5) is 5.13 Å². The van der Waals surface area contributed by atoms with Gasteiger partial charge in [-0.05, 0) is 31.0 Å². The van der Waals surface area contributed by atoms with Crippen LogP contribution < -0.4 is 5.73 Å². The van der Waals surface area contributed by atoms with Crippen molar-refractivity contribution in [2.75, 3.05) is 19.4 Å². The second-order valence-corrected chi connectivity index (χ2v) is 5.98. The minimum atomic E-state index is -0.482. The standard InChI is InChI=1S/C14H15N3O3S/c1-20-13(19)10-3-2-6-17(10)12(18)8-4-5-9-11(7-8)21-14(15)16-9/h4-5,7,10H,2-3,6H2,1H3,(H2,15,16). The van der Waals surface area contributed by atoms with Gasteiger partial charge in [0.15, 0.2) is 5.13 Å². The fourth-order valence-electron chi connectivity index (χ4n) is 2.63. The lowest BCUT2D eigenvalue weighted by molar-refractivity contribution is -0.145. The van der Waals surface area contributed by atoms with Crippen molar-refractivity contribution in [3.63, 3.8) is 0 Å². The zero-order valence-electron chi connectivity index (χ0n) is 11.5. The number of ether oxygens (including phenoxy) is 1. The van der Waals surface area contributed by atoms with E-state index in [4.69, 9.17) is 10.5 Å². The fraction of sp³-hybridized carbons (Fsp3) is 0.357. The summed E-state index contributed by atoms with van der Waals surface area (Å²) < 4.78 is 5.63.